The normalized spacial score (nSPS) is 11.6. The van der Waals surface area contributed by atoms with Gasteiger partial charge in [0, 0.05) is 23.0 Å². The summed E-state index contributed by atoms with van der Waals surface area (Å²) in [5.74, 6) is -0.175. The van der Waals surface area contributed by atoms with Gasteiger partial charge >= 0.3 is 0 Å². The second kappa shape index (κ2) is 6.91. The number of thiophene rings is 1. The van der Waals surface area contributed by atoms with Crippen LogP contribution in [0.4, 0.5) is 0 Å². The molecule has 0 atom stereocenters. The first kappa shape index (κ1) is 18.4. The van der Waals surface area contributed by atoms with Gasteiger partial charge in [0.2, 0.25) is 0 Å². The van der Waals surface area contributed by atoms with Crippen LogP contribution in [-0.2, 0) is 0 Å². The average Bonchev–Trinajstić information content (AvgIpc) is 3.09. The quantitative estimate of drug-likeness (QED) is 0.900. The lowest BCUT2D eigenvalue weighted by Crippen LogP contribution is -2.47. The van der Waals surface area contributed by atoms with Crippen LogP contribution in [0.5, 0.6) is 0 Å². The van der Waals surface area contributed by atoms with Crippen LogP contribution in [0.1, 0.15) is 49.4 Å². The van der Waals surface area contributed by atoms with Gasteiger partial charge in [0.05, 0.1) is 18.0 Å². The molecule has 0 bridgehead atoms. The highest BCUT2D eigenvalue weighted by Gasteiger charge is 2.31. The molecule has 2 rings (SSSR count). The number of amides is 1. The first-order valence-electron chi connectivity index (χ1n) is 7.89. The first-order valence-corrected chi connectivity index (χ1v) is 8.83. The molecule has 0 aromatic carbocycles. The Bertz CT molecular complexity index is 739. The van der Waals surface area contributed by atoms with E-state index in [1.807, 2.05) is 51.4 Å². The summed E-state index contributed by atoms with van der Waals surface area (Å²) >= 11 is 1.58. The Morgan fingerprint density at radius 1 is 1.46 bits per heavy atom. The minimum absolute atomic E-state index is 0.0827. The molecule has 0 aliphatic carbocycles. The van der Waals surface area contributed by atoms with Crippen molar-refractivity contribution in [2.75, 3.05) is 13.2 Å². The van der Waals surface area contributed by atoms with Crippen molar-refractivity contribution < 1.29 is 9.90 Å². The summed E-state index contributed by atoms with van der Waals surface area (Å²) in [6.45, 7) is 13.9. The third-order valence-electron chi connectivity index (χ3n) is 3.86. The Morgan fingerprint density at radius 2 is 2.12 bits per heavy atom. The summed E-state index contributed by atoms with van der Waals surface area (Å²) in [5.41, 5.74) is 3.45. The molecular formula is C18H25N3O2S. The summed E-state index contributed by atoms with van der Waals surface area (Å²) < 4.78 is 1.78. The zero-order valence-corrected chi connectivity index (χ0v) is 15.8. The molecule has 2 aromatic heterocycles. The number of aliphatic hydroxyl groups is 1. The average molecular weight is 347 g/mol. The van der Waals surface area contributed by atoms with E-state index in [2.05, 4.69) is 11.7 Å². The third-order valence-corrected chi connectivity index (χ3v) is 4.53. The molecule has 0 fully saturated rings. The molecular weight excluding hydrogens is 322 g/mol. The van der Waals surface area contributed by atoms with Crippen molar-refractivity contribution in [1.29, 1.82) is 0 Å². The molecule has 1 N–H and O–H groups in total. The maximum atomic E-state index is 13.1. The van der Waals surface area contributed by atoms with Crippen molar-refractivity contribution in [3.8, 4) is 5.69 Å². The summed E-state index contributed by atoms with van der Waals surface area (Å²) in [6.07, 6.45) is 0. The highest BCUT2D eigenvalue weighted by atomic mass is 32.1. The molecule has 1 amide bonds. The SMILES string of the molecule is C=C(C)c1c(C)c(C(=O)N(CCO)C(C)(C)C)nn1-c1ccsc1. The molecule has 0 spiro atoms. The molecule has 24 heavy (non-hydrogen) atoms. The van der Waals surface area contributed by atoms with Crippen LogP contribution < -0.4 is 0 Å². The standard InChI is InChI=1S/C18H25N3O2S/c1-12(2)16-13(3)15(19-21(16)14-7-10-24-11-14)17(23)20(8-9-22)18(4,5)6/h7,10-11,22H,1,8-9H2,2-6H3. The molecule has 0 saturated carbocycles. The number of aromatic nitrogens is 2. The molecule has 0 radical (unpaired) electrons. The van der Waals surface area contributed by atoms with Crippen molar-refractivity contribution in [2.24, 2.45) is 0 Å². The number of aliphatic hydroxyl groups excluding tert-OH is 1. The van der Waals surface area contributed by atoms with Gasteiger partial charge in [-0.2, -0.15) is 16.4 Å². The van der Waals surface area contributed by atoms with Crippen LogP contribution in [0.3, 0.4) is 0 Å². The van der Waals surface area contributed by atoms with E-state index >= 15 is 0 Å². The summed E-state index contributed by atoms with van der Waals surface area (Å²) in [7, 11) is 0. The fourth-order valence-electron chi connectivity index (χ4n) is 2.73. The predicted octanol–water partition coefficient (Wildman–Crippen LogP) is 3.51. The molecule has 0 aliphatic rings. The van der Waals surface area contributed by atoms with Crippen LogP contribution in [0.25, 0.3) is 11.3 Å². The number of rotatable bonds is 5. The number of nitrogens with zero attached hydrogens (tertiary/aromatic N) is 3. The number of carbonyl (C=O) groups excluding carboxylic acids is 1. The largest absolute Gasteiger partial charge is 0.395 e. The molecule has 5 nitrogen and oxygen atoms in total. The lowest BCUT2D eigenvalue weighted by molar-refractivity contribution is 0.0519. The van der Waals surface area contributed by atoms with Crippen molar-refractivity contribution in [1.82, 2.24) is 14.7 Å². The van der Waals surface area contributed by atoms with Gasteiger partial charge in [-0.25, -0.2) is 4.68 Å². The van der Waals surface area contributed by atoms with Crippen LogP contribution in [0.2, 0.25) is 0 Å². The molecule has 0 aliphatic heterocycles. The Hall–Kier alpha value is -1.92. The molecule has 2 heterocycles. The van der Waals surface area contributed by atoms with E-state index in [9.17, 15) is 9.90 Å². The van der Waals surface area contributed by atoms with E-state index in [-0.39, 0.29) is 19.1 Å². The summed E-state index contributed by atoms with van der Waals surface area (Å²) in [5, 5.41) is 17.9. The van der Waals surface area contributed by atoms with Gasteiger partial charge in [-0.05, 0) is 51.6 Å². The lowest BCUT2D eigenvalue weighted by atomic mass is 10.0. The summed E-state index contributed by atoms with van der Waals surface area (Å²) in [6, 6.07) is 1.97. The topological polar surface area (TPSA) is 58.4 Å². The minimum atomic E-state index is -0.401. The van der Waals surface area contributed by atoms with Crippen molar-refractivity contribution in [3.05, 3.63) is 40.4 Å². The fraction of sp³-hybridized carbons (Fsp3) is 0.444. The van der Waals surface area contributed by atoms with E-state index < -0.39 is 5.54 Å². The number of allylic oxidation sites excluding steroid dienone is 1. The van der Waals surface area contributed by atoms with E-state index in [1.165, 1.54) is 0 Å². The Labute approximate surface area is 147 Å². The van der Waals surface area contributed by atoms with Gasteiger partial charge in [-0.3, -0.25) is 4.79 Å². The minimum Gasteiger partial charge on any atom is -0.395 e. The summed E-state index contributed by atoms with van der Waals surface area (Å²) in [4.78, 5) is 14.7. The van der Waals surface area contributed by atoms with Crippen molar-refractivity contribution in [2.45, 2.75) is 40.2 Å². The Balaban J connectivity index is 2.57. The highest BCUT2D eigenvalue weighted by Crippen LogP contribution is 2.27. The Morgan fingerprint density at radius 3 is 2.58 bits per heavy atom. The van der Waals surface area contributed by atoms with Crippen LogP contribution in [0, 0.1) is 6.92 Å². The highest BCUT2D eigenvalue weighted by molar-refractivity contribution is 7.08. The van der Waals surface area contributed by atoms with Crippen LogP contribution in [-0.4, -0.2) is 44.4 Å². The first-order chi connectivity index (χ1) is 11.2. The number of hydrogen-bond acceptors (Lipinski definition) is 4. The number of β-amino-alcohol motifs (C(OH)–C–C–N with tert-alkyl or cyclic N) is 1. The monoisotopic (exact) mass is 347 g/mol. The fourth-order valence-corrected chi connectivity index (χ4v) is 3.35. The van der Waals surface area contributed by atoms with Gasteiger partial charge in [0.15, 0.2) is 5.69 Å². The second-order valence-corrected chi connectivity index (χ2v) is 7.63. The predicted molar refractivity (Wildman–Crippen MR) is 98.8 cm³/mol. The van der Waals surface area contributed by atoms with Gasteiger partial charge < -0.3 is 10.0 Å². The lowest BCUT2D eigenvalue weighted by Gasteiger charge is -2.34. The van der Waals surface area contributed by atoms with Crippen LogP contribution in [0.15, 0.2) is 23.4 Å². The van der Waals surface area contributed by atoms with E-state index in [1.54, 1.807) is 20.9 Å². The molecule has 130 valence electrons. The van der Waals surface area contributed by atoms with Gasteiger partial charge in [-0.15, -0.1) is 0 Å². The second-order valence-electron chi connectivity index (χ2n) is 6.85. The van der Waals surface area contributed by atoms with Crippen LogP contribution >= 0.6 is 11.3 Å². The number of carbonyl (C=O) groups is 1. The molecule has 0 unspecified atom stereocenters. The zero-order valence-electron chi connectivity index (χ0n) is 15.0. The smallest absolute Gasteiger partial charge is 0.275 e. The van der Waals surface area contributed by atoms with Crippen molar-refractivity contribution in [3.63, 3.8) is 0 Å². The van der Waals surface area contributed by atoms with E-state index in [4.69, 9.17) is 0 Å². The zero-order chi connectivity index (χ0) is 18.1. The van der Waals surface area contributed by atoms with Gasteiger partial charge in [0.25, 0.3) is 5.91 Å². The van der Waals surface area contributed by atoms with E-state index in [0.717, 1.165) is 22.5 Å². The van der Waals surface area contributed by atoms with Gasteiger partial charge in [-0.1, -0.05) is 6.58 Å². The molecule has 2 aromatic rings. The van der Waals surface area contributed by atoms with Crippen molar-refractivity contribution >= 4 is 22.8 Å². The Kier molecular flexibility index (Phi) is 5.30. The molecule has 0 saturated heterocycles. The number of hydrogen-bond donors (Lipinski definition) is 1. The molecule has 6 heteroatoms. The maximum absolute atomic E-state index is 13.1. The van der Waals surface area contributed by atoms with Gasteiger partial charge in [0.1, 0.15) is 0 Å². The maximum Gasteiger partial charge on any atom is 0.275 e. The third kappa shape index (κ3) is 3.44. The van der Waals surface area contributed by atoms with E-state index in [0.29, 0.717) is 5.69 Å².